The van der Waals surface area contributed by atoms with Crippen molar-refractivity contribution in [2.45, 2.75) is 39.5 Å². The molecule has 4 rings (SSSR count). The van der Waals surface area contributed by atoms with Crippen LogP contribution >= 0.6 is 0 Å². The summed E-state index contributed by atoms with van der Waals surface area (Å²) in [6, 6.07) is 10.7. The Morgan fingerprint density at radius 3 is 2.80 bits per heavy atom. The van der Waals surface area contributed by atoms with Crippen molar-refractivity contribution in [1.29, 1.82) is 0 Å². The minimum atomic E-state index is 0.125. The SMILES string of the molecule is C/C=C1\C/C2=C/C=CC(c3nccc4ccccc34)/C=C(\C2)C1(C)C. The van der Waals surface area contributed by atoms with Gasteiger partial charge in [-0.1, -0.05) is 85.2 Å². The van der Waals surface area contributed by atoms with E-state index in [-0.39, 0.29) is 11.3 Å². The van der Waals surface area contributed by atoms with Gasteiger partial charge in [0.15, 0.2) is 0 Å². The summed E-state index contributed by atoms with van der Waals surface area (Å²) >= 11 is 0. The number of benzene rings is 1. The van der Waals surface area contributed by atoms with E-state index < -0.39 is 0 Å². The molecule has 0 radical (unpaired) electrons. The maximum Gasteiger partial charge on any atom is 0.0588 e. The smallest absolute Gasteiger partial charge is 0.0588 e. The van der Waals surface area contributed by atoms with E-state index in [2.05, 4.69) is 81.5 Å². The first-order chi connectivity index (χ1) is 12.1. The van der Waals surface area contributed by atoms with Crippen molar-refractivity contribution < 1.29 is 0 Å². The predicted molar refractivity (Wildman–Crippen MR) is 107 cm³/mol. The molecule has 0 amide bonds. The van der Waals surface area contributed by atoms with Gasteiger partial charge in [0.2, 0.25) is 0 Å². The fourth-order valence-corrected chi connectivity index (χ4v) is 4.21. The summed E-state index contributed by atoms with van der Waals surface area (Å²) in [6.45, 7) is 6.90. The van der Waals surface area contributed by atoms with Gasteiger partial charge in [0.1, 0.15) is 0 Å². The van der Waals surface area contributed by atoms with Crippen LogP contribution in [0.4, 0.5) is 0 Å². The molecule has 0 saturated heterocycles. The average Bonchev–Trinajstić information content (AvgIpc) is 2.60. The summed E-state index contributed by atoms with van der Waals surface area (Å²) in [5, 5.41) is 2.51. The second-order valence-corrected chi connectivity index (χ2v) is 7.64. The third kappa shape index (κ3) is 2.78. The Kier molecular flexibility index (Phi) is 3.95. The maximum atomic E-state index is 4.76. The molecule has 2 bridgehead atoms. The molecule has 2 aliphatic carbocycles. The molecule has 1 heteroatoms. The number of hydrogen-bond donors (Lipinski definition) is 0. The lowest BCUT2D eigenvalue weighted by Gasteiger charge is -2.38. The van der Waals surface area contributed by atoms with Crippen LogP contribution in [0.3, 0.4) is 0 Å². The monoisotopic (exact) mass is 327 g/mol. The van der Waals surface area contributed by atoms with Crippen LogP contribution in [0, 0.1) is 5.41 Å². The van der Waals surface area contributed by atoms with Gasteiger partial charge in [0.05, 0.1) is 5.69 Å². The first-order valence-electron chi connectivity index (χ1n) is 9.16. The Labute approximate surface area is 150 Å². The van der Waals surface area contributed by atoms with Gasteiger partial charge in [-0.05, 0) is 31.2 Å². The summed E-state index contributed by atoms with van der Waals surface area (Å²) in [6.07, 6.45) is 15.7. The minimum Gasteiger partial charge on any atom is -0.260 e. The first-order valence-corrected chi connectivity index (χ1v) is 9.16. The lowest BCUT2D eigenvalue weighted by Crippen LogP contribution is -2.24. The number of rotatable bonds is 1. The normalized spacial score (nSPS) is 28.0. The second kappa shape index (κ2) is 6.15. The first kappa shape index (κ1) is 16.1. The van der Waals surface area contributed by atoms with E-state index in [1.165, 1.54) is 27.5 Å². The van der Waals surface area contributed by atoms with Crippen molar-refractivity contribution in [3.8, 4) is 0 Å². The Hall–Kier alpha value is -2.41. The van der Waals surface area contributed by atoms with Crippen LogP contribution in [-0.2, 0) is 0 Å². The fourth-order valence-electron chi connectivity index (χ4n) is 4.21. The van der Waals surface area contributed by atoms with Crippen molar-refractivity contribution in [1.82, 2.24) is 4.98 Å². The molecule has 1 nitrogen and oxygen atoms in total. The Bertz CT molecular complexity index is 932. The van der Waals surface area contributed by atoms with Crippen molar-refractivity contribution in [3.05, 3.63) is 89.3 Å². The van der Waals surface area contributed by atoms with Crippen molar-refractivity contribution in [2.75, 3.05) is 0 Å². The zero-order chi connectivity index (χ0) is 17.4. The zero-order valence-corrected chi connectivity index (χ0v) is 15.3. The molecule has 0 N–H and O–H groups in total. The van der Waals surface area contributed by atoms with Crippen LogP contribution < -0.4 is 0 Å². The highest BCUT2D eigenvalue weighted by Crippen LogP contribution is 2.48. The van der Waals surface area contributed by atoms with E-state index in [9.17, 15) is 0 Å². The van der Waals surface area contributed by atoms with Crippen LogP contribution in [0.1, 0.15) is 45.2 Å². The van der Waals surface area contributed by atoms with E-state index in [4.69, 9.17) is 4.98 Å². The Morgan fingerprint density at radius 1 is 1.12 bits per heavy atom. The highest BCUT2D eigenvalue weighted by atomic mass is 14.7. The molecule has 1 atom stereocenters. The van der Waals surface area contributed by atoms with Crippen molar-refractivity contribution >= 4 is 10.8 Å². The number of pyridine rings is 1. The number of aromatic nitrogens is 1. The third-order valence-corrected chi connectivity index (χ3v) is 5.84. The molecule has 1 fully saturated rings. The summed E-state index contributed by atoms with van der Waals surface area (Å²) in [5.74, 6) is 0.217. The molecule has 0 aliphatic heterocycles. The van der Waals surface area contributed by atoms with Gasteiger partial charge in [0.25, 0.3) is 0 Å². The van der Waals surface area contributed by atoms with E-state index in [0.29, 0.717) is 0 Å². The quantitative estimate of drug-likeness (QED) is 0.544. The van der Waals surface area contributed by atoms with Gasteiger partial charge in [-0.25, -0.2) is 0 Å². The lowest BCUT2D eigenvalue weighted by atomic mass is 9.66. The van der Waals surface area contributed by atoms with Crippen LogP contribution in [0.5, 0.6) is 0 Å². The second-order valence-electron chi connectivity index (χ2n) is 7.64. The van der Waals surface area contributed by atoms with Gasteiger partial charge in [-0.2, -0.15) is 0 Å². The predicted octanol–water partition coefficient (Wildman–Crippen LogP) is 6.51. The molecule has 2 aliphatic rings. The minimum absolute atomic E-state index is 0.125. The Morgan fingerprint density at radius 2 is 1.96 bits per heavy atom. The maximum absolute atomic E-state index is 4.76. The zero-order valence-electron chi connectivity index (χ0n) is 15.3. The van der Waals surface area contributed by atoms with Crippen LogP contribution in [0.25, 0.3) is 10.8 Å². The van der Waals surface area contributed by atoms with E-state index in [1.54, 1.807) is 0 Å². The summed E-state index contributed by atoms with van der Waals surface area (Å²) in [4.78, 5) is 4.76. The topological polar surface area (TPSA) is 12.9 Å². The molecule has 25 heavy (non-hydrogen) atoms. The van der Waals surface area contributed by atoms with Crippen LogP contribution in [0.2, 0.25) is 0 Å². The van der Waals surface area contributed by atoms with Crippen molar-refractivity contribution in [3.63, 3.8) is 0 Å². The van der Waals surface area contributed by atoms with Crippen molar-refractivity contribution in [2.24, 2.45) is 5.41 Å². The van der Waals surface area contributed by atoms with Gasteiger partial charge in [-0.3, -0.25) is 4.98 Å². The molecule has 2 aromatic rings. The highest BCUT2D eigenvalue weighted by Gasteiger charge is 2.33. The van der Waals surface area contributed by atoms with Crippen LogP contribution in [0.15, 0.2) is 83.6 Å². The lowest BCUT2D eigenvalue weighted by molar-refractivity contribution is 0.480. The molecule has 126 valence electrons. The molecule has 1 aromatic heterocycles. The van der Waals surface area contributed by atoms with Gasteiger partial charge >= 0.3 is 0 Å². The molecule has 1 saturated carbocycles. The fraction of sp³-hybridized carbons (Fsp3) is 0.292. The summed E-state index contributed by atoms with van der Waals surface area (Å²) in [7, 11) is 0. The standard InChI is InChI=1S/C24H25N/c1-4-20-14-17-8-7-10-19(16-21(15-17)24(20,2)3)23-22-11-6-5-9-18(22)12-13-25-23/h4-13,16,19H,14-15H2,1-3H3/b10-7?,17-8-,20-4+,21-16+. The molecule has 1 unspecified atom stereocenters. The number of hydrogen-bond acceptors (Lipinski definition) is 1. The number of fused-ring (bicyclic) bond motifs is 3. The third-order valence-electron chi connectivity index (χ3n) is 5.84. The van der Waals surface area contributed by atoms with E-state index >= 15 is 0 Å². The molecule has 1 aromatic carbocycles. The van der Waals surface area contributed by atoms with E-state index in [0.717, 1.165) is 18.5 Å². The molecular weight excluding hydrogens is 302 g/mol. The molecule has 0 spiro atoms. The molecular formula is C24H25N. The highest BCUT2D eigenvalue weighted by molar-refractivity contribution is 5.85. The van der Waals surface area contributed by atoms with Gasteiger partial charge in [0, 0.05) is 22.9 Å². The van der Waals surface area contributed by atoms with Gasteiger partial charge in [-0.15, -0.1) is 0 Å². The molecule has 1 heterocycles. The summed E-state index contributed by atoms with van der Waals surface area (Å²) in [5.41, 5.74) is 5.83. The largest absolute Gasteiger partial charge is 0.260 e. The van der Waals surface area contributed by atoms with Crippen LogP contribution in [-0.4, -0.2) is 4.98 Å². The average molecular weight is 327 g/mol. The Balaban J connectivity index is 1.89. The van der Waals surface area contributed by atoms with Gasteiger partial charge < -0.3 is 0 Å². The van der Waals surface area contributed by atoms with E-state index in [1.807, 2.05) is 6.20 Å². The number of nitrogens with zero attached hydrogens (tertiary/aromatic N) is 1. The number of allylic oxidation sites excluding steroid dienone is 8. The summed E-state index contributed by atoms with van der Waals surface area (Å²) < 4.78 is 0.